The van der Waals surface area contributed by atoms with Crippen LogP contribution in [-0.4, -0.2) is 31.1 Å². The van der Waals surface area contributed by atoms with Crippen molar-refractivity contribution < 1.29 is 4.42 Å². The minimum absolute atomic E-state index is 0.0885. The van der Waals surface area contributed by atoms with Gasteiger partial charge >= 0.3 is 0 Å². The third kappa shape index (κ3) is 1.26. The van der Waals surface area contributed by atoms with Crippen LogP contribution in [0.3, 0.4) is 0 Å². The molecule has 3 heteroatoms. The molecule has 1 saturated heterocycles. The number of nitrogens with zero attached hydrogens (tertiary/aromatic N) is 1. The lowest BCUT2D eigenvalue weighted by Gasteiger charge is -2.33. The summed E-state index contributed by atoms with van der Waals surface area (Å²) in [5, 5.41) is 3.66. The summed E-state index contributed by atoms with van der Waals surface area (Å²) in [6.45, 7) is 4.43. The molecule has 2 atom stereocenters. The molecule has 1 N–H and O–H groups in total. The first kappa shape index (κ1) is 9.43. The largest absolute Gasteiger partial charge is 0.467 e. The number of nitrogens with one attached hydrogen (secondary N) is 1. The Morgan fingerprint density at radius 3 is 3.20 bits per heavy atom. The van der Waals surface area contributed by atoms with E-state index in [0.29, 0.717) is 6.04 Å². The Morgan fingerprint density at radius 1 is 1.60 bits per heavy atom. The van der Waals surface area contributed by atoms with Crippen molar-refractivity contribution in [1.82, 2.24) is 10.2 Å². The zero-order valence-corrected chi connectivity index (χ0v) is 9.42. The molecule has 1 aromatic heterocycles. The second-order valence-electron chi connectivity index (χ2n) is 5.00. The van der Waals surface area contributed by atoms with Gasteiger partial charge in [-0.3, -0.25) is 0 Å². The summed E-state index contributed by atoms with van der Waals surface area (Å²) < 4.78 is 5.70. The van der Waals surface area contributed by atoms with Crippen molar-refractivity contribution in [2.24, 2.45) is 0 Å². The number of likely N-dealkylation sites (N-methyl/N-ethyl adjacent to an activating group) is 1. The Kier molecular flexibility index (Phi) is 1.94. The van der Waals surface area contributed by atoms with E-state index in [9.17, 15) is 0 Å². The van der Waals surface area contributed by atoms with Crippen LogP contribution in [0, 0.1) is 0 Å². The van der Waals surface area contributed by atoms with Crippen LogP contribution < -0.4 is 5.32 Å². The molecule has 0 aliphatic carbocycles. The summed E-state index contributed by atoms with van der Waals surface area (Å²) in [6.07, 6.45) is 4.10. The van der Waals surface area contributed by atoms with Crippen LogP contribution in [0.2, 0.25) is 0 Å². The molecule has 0 bridgehead atoms. The van der Waals surface area contributed by atoms with Crippen LogP contribution in [-0.2, 0) is 12.0 Å². The van der Waals surface area contributed by atoms with E-state index < -0.39 is 0 Å². The van der Waals surface area contributed by atoms with E-state index >= 15 is 0 Å². The van der Waals surface area contributed by atoms with E-state index in [1.165, 1.54) is 11.3 Å². The van der Waals surface area contributed by atoms with Gasteiger partial charge in [0.1, 0.15) is 5.76 Å². The molecule has 1 aromatic rings. The van der Waals surface area contributed by atoms with Gasteiger partial charge in [-0.15, -0.1) is 0 Å². The predicted molar refractivity (Wildman–Crippen MR) is 58.8 cm³/mol. The smallest absolute Gasteiger partial charge is 0.128 e. The lowest BCUT2D eigenvalue weighted by molar-refractivity contribution is 0.250. The van der Waals surface area contributed by atoms with E-state index in [1.54, 1.807) is 0 Å². The zero-order valence-electron chi connectivity index (χ0n) is 9.42. The van der Waals surface area contributed by atoms with Crippen LogP contribution in [0.5, 0.6) is 0 Å². The maximum Gasteiger partial charge on any atom is 0.128 e. The van der Waals surface area contributed by atoms with Crippen molar-refractivity contribution in [3.05, 3.63) is 23.7 Å². The quantitative estimate of drug-likeness (QED) is 0.694. The number of likely N-dealkylation sites (tertiary alicyclic amines) is 1. The number of fused-ring (bicyclic) bond motifs is 2. The highest BCUT2D eigenvalue weighted by molar-refractivity contribution is 5.30. The van der Waals surface area contributed by atoms with E-state index in [4.69, 9.17) is 4.42 Å². The lowest BCUT2D eigenvalue weighted by atomic mass is 9.87. The molecule has 3 heterocycles. The van der Waals surface area contributed by atoms with Crippen molar-refractivity contribution in [1.29, 1.82) is 0 Å². The molecule has 2 aliphatic heterocycles. The molecule has 0 aromatic carbocycles. The highest BCUT2D eigenvalue weighted by Gasteiger charge is 2.46. The predicted octanol–water partition coefficient (Wildman–Crippen LogP) is 1.34. The van der Waals surface area contributed by atoms with Gasteiger partial charge in [-0.2, -0.15) is 0 Å². The summed E-state index contributed by atoms with van der Waals surface area (Å²) in [7, 11) is 2.19. The Morgan fingerprint density at radius 2 is 2.47 bits per heavy atom. The molecular weight excluding hydrogens is 188 g/mol. The van der Waals surface area contributed by atoms with Crippen LogP contribution in [0.1, 0.15) is 24.7 Å². The summed E-state index contributed by atoms with van der Waals surface area (Å²) in [4.78, 5) is 2.41. The second kappa shape index (κ2) is 3.09. The molecule has 0 saturated carbocycles. The minimum Gasteiger partial charge on any atom is -0.467 e. The molecule has 2 aliphatic rings. The third-order valence-corrected chi connectivity index (χ3v) is 3.95. The van der Waals surface area contributed by atoms with E-state index in [2.05, 4.69) is 30.3 Å². The fourth-order valence-electron chi connectivity index (χ4n) is 3.07. The molecule has 1 fully saturated rings. The molecule has 0 radical (unpaired) electrons. The van der Waals surface area contributed by atoms with E-state index in [-0.39, 0.29) is 5.54 Å². The van der Waals surface area contributed by atoms with Gasteiger partial charge in [-0.1, -0.05) is 0 Å². The van der Waals surface area contributed by atoms with Gasteiger partial charge in [0.05, 0.1) is 11.8 Å². The number of hydrogen-bond donors (Lipinski definition) is 1. The number of furan rings is 1. The Bertz CT molecular complexity index is 361. The highest BCUT2D eigenvalue weighted by atomic mass is 16.3. The van der Waals surface area contributed by atoms with Gasteiger partial charge in [-0.25, -0.2) is 0 Å². The monoisotopic (exact) mass is 206 g/mol. The summed E-state index contributed by atoms with van der Waals surface area (Å²) in [6, 6.07) is 2.76. The van der Waals surface area contributed by atoms with Gasteiger partial charge in [0.2, 0.25) is 0 Å². The summed E-state index contributed by atoms with van der Waals surface area (Å²) >= 11 is 0. The van der Waals surface area contributed by atoms with E-state index in [1.807, 2.05) is 6.26 Å². The number of rotatable bonds is 0. The van der Waals surface area contributed by atoms with Gasteiger partial charge < -0.3 is 14.6 Å². The first-order valence-corrected chi connectivity index (χ1v) is 5.73. The van der Waals surface area contributed by atoms with E-state index in [0.717, 1.165) is 25.9 Å². The lowest BCUT2D eigenvalue weighted by Crippen LogP contribution is -2.48. The topological polar surface area (TPSA) is 28.4 Å². The zero-order chi connectivity index (χ0) is 10.5. The van der Waals surface area contributed by atoms with Gasteiger partial charge in [0, 0.05) is 19.1 Å². The molecular formula is C12H18N2O. The van der Waals surface area contributed by atoms with Crippen molar-refractivity contribution in [2.45, 2.75) is 31.3 Å². The van der Waals surface area contributed by atoms with Crippen LogP contribution in [0.25, 0.3) is 0 Å². The van der Waals surface area contributed by atoms with Gasteiger partial charge in [-0.05, 0) is 38.4 Å². The fraction of sp³-hybridized carbons (Fsp3) is 0.667. The van der Waals surface area contributed by atoms with Crippen LogP contribution >= 0.6 is 0 Å². The third-order valence-electron chi connectivity index (χ3n) is 3.95. The molecule has 82 valence electrons. The molecule has 3 rings (SSSR count). The van der Waals surface area contributed by atoms with Crippen molar-refractivity contribution in [3.63, 3.8) is 0 Å². The summed E-state index contributed by atoms with van der Waals surface area (Å²) in [5.41, 5.74) is 1.49. The SMILES string of the molecule is CC1CC2(CN1C)NCCc1ccoc12. The molecule has 3 nitrogen and oxygen atoms in total. The van der Waals surface area contributed by atoms with Gasteiger partial charge in [0.25, 0.3) is 0 Å². The molecule has 1 spiro atoms. The molecule has 2 unspecified atom stereocenters. The summed E-state index contributed by atoms with van der Waals surface area (Å²) in [5.74, 6) is 1.19. The van der Waals surface area contributed by atoms with Crippen molar-refractivity contribution in [2.75, 3.05) is 20.1 Å². The molecule has 0 amide bonds. The standard InChI is InChI=1S/C12H18N2O/c1-9-7-12(8-14(9)2)11-10(3-5-13-12)4-6-15-11/h4,6,9,13H,3,5,7-8H2,1-2H3. The average molecular weight is 206 g/mol. The number of hydrogen-bond acceptors (Lipinski definition) is 3. The van der Waals surface area contributed by atoms with Gasteiger partial charge in [0.15, 0.2) is 0 Å². The normalized spacial score (nSPS) is 36.0. The second-order valence-corrected chi connectivity index (χ2v) is 5.00. The minimum atomic E-state index is 0.0885. The van der Waals surface area contributed by atoms with Crippen molar-refractivity contribution in [3.8, 4) is 0 Å². The van der Waals surface area contributed by atoms with Crippen LogP contribution in [0.15, 0.2) is 16.7 Å². The van der Waals surface area contributed by atoms with Crippen LogP contribution in [0.4, 0.5) is 0 Å². The maximum absolute atomic E-state index is 5.70. The first-order chi connectivity index (χ1) is 7.21. The van der Waals surface area contributed by atoms with Crippen molar-refractivity contribution >= 4 is 0 Å². The Hall–Kier alpha value is -0.800. The molecule has 15 heavy (non-hydrogen) atoms. The fourth-order valence-corrected chi connectivity index (χ4v) is 3.07. The Balaban J connectivity index is 2.02. The highest BCUT2D eigenvalue weighted by Crippen LogP contribution is 2.39. The Labute approximate surface area is 90.4 Å². The maximum atomic E-state index is 5.70. The first-order valence-electron chi connectivity index (χ1n) is 5.73. The average Bonchev–Trinajstić information content (AvgIpc) is 2.75.